The Labute approximate surface area is 180 Å². The first-order chi connectivity index (χ1) is 14.6. The van der Waals surface area contributed by atoms with Crippen LogP contribution in [0.25, 0.3) is 10.2 Å². The number of fused-ring (bicyclic) bond motifs is 3. The van der Waals surface area contributed by atoms with E-state index in [2.05, 4.69) is 34.0 Å². The molecule has 0 saturated carbocycles. The van der Waals surface area contributed by atoms with E-state index in [0.717, 1.165) is 53.9 Å². The second-order valence-electron chi connectivity index (χ2n) is 7.67. The highest BCUT2D eigenvalue weighted by Crippen LogP contribution is 2.33. The van der Waals surface area contributed by atoms with E-state index in [9.17, 15) is 9.59 Å². The number of carbonyl (C=O) groups excluding carboxylic acids is 1. The van der Waals surface area contributed by atoms with Gasteiger partial charge in [0.25, 0.3) is 5.56 Å². The van der Waals surface area contributed by atoms with Crippen LogP contribution in [-0.2, 0) is 24.1 Å². The minimum atomic E-state index is -0.0844. The maximum Gasteiger partial charge on any atom is 0.259 e. The van der Waals surface area contributed by atoms with E-state index < -0.39 is 0 Å². The van der Waals surface area contributed by atoms with E-state index in [4.69, 9.17) is 0 Å². The summed E-state index contributed by atoms with van der Waals surface area (Å²) < 4.78 is 0. The molecule has 0 unspecified atom stereocenters. The highest BCUT2D eigenvalue weighted by Gasteiger charge is 2.19. The van der Waals surface area contributed by atoms with Crippen LogP contribution in [-0.4, -0.2) is 29.0 Å². The van der Waals surface area contributed by atoms with Crippen molar-refractivity contribution >= 4 is 38.8 Å². The predicted octanol–water partition coefficient (Wildman–Crippen LogP) is 4.28. The molecule has 4 rings (SSSR count). The Balaban J connectivity index is 1.40. The topological polar surface area (TPSA) is 78.1 Å². The smallest absolute Gasteiger partial charge is 0.259 e. The molecule has 1 aliphatic rings. The first-order valence-corrected chi connectivity index (χ1v) is 11.6. The summed E-state index contributed by atoms with van der Waals surface area (Å²) >= 11 is 1.64. The van der Waals surface area contributed by atoms with Gasteiger partial charge in [0.2, 0.25) is 5.91 Å². The third-order valence-electron chi connectivity index (χ3n) is 5.74. The molecule has 2 N–H and O–H groups in total. The highest BCUT2D eigenvalue weighted by molar-refractivity contribution is 7.18. The van der Waals surface area contributed by atoms with E-state index in [1.165, 1.54) is 16.9 Å². The van der Waals surface area contributed by atoms with E-state index >= 15 is 0 Å². The first-order valence-electron chi connectivity index (χ1n) is 10.8. The Morgan fingerprint density at radius 3 is 2.63 bits per heavy atom. The van der Waals surface area contributed by atoms with Crippen LogP contribution in [0.15, 0.2) is 29.1 Å². The number of aryl methyl sites for hydroxylation is 3. The fourth-order valence-corrected chi connectivity index (χ4v) is 5.41. The van der Waals surface area contributed by atoms with Crippen molar-refractivity contribution in [1.82, 2.24) is 9.97 Å². The number of aromatic amines is 1. The summed E-state index contributed by atoms with van der Waals surface area (Å²) in [6, 6.07) is 7.89. The minimum Gasteiger partial charge on any atom is -0.372 e. The fraction of sp³-hybridized carbons (Fsp3) is 0.435. The number of hydrogen-bond acceptors (Lipinski definition) is 5. The molecule has 1 amide bonds. The van der Waals surface area contributed by atoms with Gasteiger partial charge >= 0.3 is 0 Å². The van der Waals surface area contributed by atoms with Crippen molar-refractivity contribution in [3.05, 3.63) is 50.9 Å². The van der Waals surface area contributed by atoms with E-state index in [-0.39, 0.29) is 17.9 Å². The Kier molecular flexibility index (Phi) is 6.18. The van der Waals surface area contributed by atoms with Gasteiger partial charge in [-0.05, 0) is 69.4 Å². The van der Waals surface area contributed by atoms with Gasteiger partial charge in [-0.25, -0.2) is 4.98 Å². The fourth-order valence-electron chi connectivity index (χ4n) is 4.13. The van der Waals surface area contributed by atoms with Gasteiger partial charge in [-0.15, -0.1) is 11.3 Å². The second kappa shape index (κ2) is 9.00. The van der Waals surface area contributed by atoms with Crippen molar-refractivity contribution in [3.63, 3.8) is 0 Å². The third-order valence-corrected chi connectivity index (χ3v) is 6.93. The number of thiophene rings is 1. The molecule has 2 aromatic heterocycles. The van der Waals surface area contributed by atoms with Crippen molar-refractivity contribution in [1.29, 1.82) is 0 Å². The molecule has 158 valence electrons. The maximum atomic E-state index is 12.6. The zero-order valence-corrected chi connectivity index (χ0v) is 18.4. The van der Waals surface area contributed by atoms with Crippen molar-refractivity contribution in [2.45, 2.75) is 52.4 Å². The summed E-state index contributed by atoms with van der Waals surface area (Å²) in [7, 11) is 0. The Morgan fingerprint density at radius 2 is 1.90 bits per heavy atom. The van der Waals surface area contributed by atoms with E-state index in [0.29, 0.717) is 12.2 Å². The number of benzene rings is 1. The molecule has 7 heteroatoms. The number of carbonyl (C=O) groups is 1. The Hall–Kier alpha value is -2.67. The van der Waals surface area contributed by atoms with E-state index in [1.807, 2.05) is 24.3 Å². The molecule has 3 aromatic rings. The summed E-state index contributed by atoms with van der Waals surface area (Å²) in [5.41, 5.74) is 3.04. The number of rotatable bonds is 7. The SMILES string of the molecule is CCN(CC)c1ccc(NC(=O)CCc2nc3sc4c(c3c(=O)[nH]2)CCCC4)cc1. The quantitative estimate of drug-likeness (QED) is 0.593. The molecule has 0 atom stereocenters. The zero-order chi connectivity index (χ0) is 21.1. The van der Waals surface area contributed by atoms with E-state index in [1.54, 1.807) is 11.3 Å². The molecule has 0 bridgehead atoms. The molecule has 1 aromatic carbocycles. The van der Waals surface area contributed by atoms with Crippen LogP contribution in [0.2, 0.25) is 0 Å². The number of nitrogens with one attached hydrogen (secondary N) is 2. The number of aromatic nitrogens is 2. The molecule has 2 heterocycles. The van der Waals surface area contributed by atoms with Crippen LogP contribution in [0.1, 0.15) is 49.4 Å². The molecule has 6 nitrogen and oxygen atoms in total. The average Bonchev–Trinajstić information content (AvgIpc) is 3.13. The largest absolute Gasteiger partial charge is 0.372 e. The standard InChI is InChI=1S/C23H28N4O2S/c1-3-27(4-2)16-11-9-15(10-12-16)24-20(28)14-13-19-25-22(29)21-17-7-5-6-8-18(17)30-23(21)26-19/h9-12H,3-8,13-14H2,1-2H3,(H,24,28)(H,25,26,29). The lowest BCUT2D eigenvalue weighted by Crippen LogP contribution is -2.21. The van der Waals surface area contributed by atoms with Gasteiger partial charge in [0.15, 0.2) is 0 Å². The van der Waals surface area contributed by atoms with Gasteiger partial charge in [0.1, 0.15) is 10.7 Å². The van der Waals surface area contributed by atoms with Gasteiger partial charge in [-0.1, -0.05) is 0 Å². The van der Waals surface area contributed by atoms with Crippen LogP contribution in [0.4, 0.5) is 11.4 Å². The van der Waals surface area contributed by atoms with Crippen LogP contribution in [0.3, 0.4) is 0 Å². The van der Waals surface area contributed by atoms with Gasteiger partial charge in [-0.3, -0.25) is 9.59 Å². The Morgan fingerprint density at radius 1 is 1.17 bits per heavy atom. The monoisotopic (exact) mass is 424 g/mol. The van der Waals surface area contributed by atoms with Gasteiger partial charge < -0.3 is 15.2 Å². The highest BCUT2D eigenvalue weighted by atomic mass is 32.1. The summed E-state index contributed by atoms with van der Waals surface area (Å²) in [6.45, 7) is 6.15. The van der Waals surface area contributed by atoms with Gasteiger partial charge in [0, 0.05) is 42.2 Å². The lowest BCUT2D eigenvalue weighted by Gasteiger charge is -2.21. The number of amides is 1. The summed E-state index contributed by atoms with van der Waals surface area (Å²) in [4.78, 5) is 36.9. The molecule has 0 spiro atoms. The van der Waals surface area contributed by atoms with Gasteiger partial charge in [0.05, 0.1) is 5.39 Å². The normalized spacial score (nSPS) is 13.3. The molecule has 1 aliphatic carbocycles. The lowest BCUT2D eigenvalue weighted by molar-refractivity contribution is -0.116. The van der Waals surface area contributed by atoms with Crippen LogP contribution >= 0.6 is 11.3 Å². The lowest BCUT2D eigenvalue weighted by atomic mass is 9.97. The molecule has 0 aliphatic heterocycles. The number of nitrogens with zero attached hydrogens (tertiary/aromatic N) is 2. The van der Waals surface area contributed by atoms with Crippen LogP contribution in [0.5, 0.6) is 0 Å². The van der Waals surface area contributed by atoms with Gasteiger partial charge in [-0.2, -0.15) is 0 Å². The number of H-pyrrole nitrogens is 1. The zero-order valence-electron chi connectivity index (χ0n) is 17.6. The maximum absolute atomic E-state index is 12.6. The van der Waals surface area contributed by atoms with Crippen molar-refractivity contribution in [2.75, 3.05) is 23.3 Å². The molecular weight excluding hydrogens is 396 g/mol. The van der Waals surface area contributed by atoms with Crippen molar-refractivity contribution in [2.24, 2.45) is 0 Å². The number of hydrogen-bond donors (Lipinski definition) is 2. The summed E-state index contributed by atoms with van der Waals surface area (Å²) in [5, 5.41) is 3.69. The molecule has 30 heavy (non-hydrogen) atoms. The molecular formula is C23H28N4O2S. The number of anilines is 2. The first kappa shape index (κ1) is 20.6. The van der Waals surface area contributed by atoms with Crippen molar-refractivity contribution in [3.8, 4) is 0 Å². The van der Waals surface area contributed by atoms with Crippen molar-refractivity contribution < 1.29 is 4.79 Å². The van der Waals surface area contributed by atoms with Crippen LogP contribution < -0.4 is 15.8 Å². The molecule has 0 radical (unpaired) electrons. The second-order valence-corrected chi connectivity index (χ2v) is 8.75. The predicted molar refractivity (Wildman–Crippen MR) is 124 cm³/mol. The Bertz CT molecular complexity index is 1100. The molecule has 0 saturated heterocycles. The summed E-state index contributed by atoms with van der Waals surface area (Å²) in [5.74, 6) is 0.497. The average molecular weight is 425 g/mol. The third kappa shape index (κ3) is 4.26. The minimum absolute atomic E-state index is 0.0678. The van der Waals surface area contributed by atoms with Crippen LogP contribution in [0, 0.1) is 0 Å². The molecule has 0 fully saturated rings. The summed E-state index contributed by atoms with van der Waals surface area (Å²) in [6.07, 6.45) is 5.01.